The fourth-order valence-electron chi connectivity index (χ4n) is 4.08. The number of hydrazone groups is 1. The zero-order valence-electron chi connectivity index (χ0n) is 18.3. The Hall–Kier alpha value is -4.46. The Bertz CT molecular complexity index is 1260. The standard InChI is InChI=1S/C26H23N5O3/c32-24-13-5-4-11-20(24)23-16-22(18-8-6-14-27-17-18)30-31(23)26(33)29-21-12-7-15-28-25(21)34-19-9-2-1-3-10-19/h1-10,12-15,17,20,23,32H,11,16H2,(H,29,33). The van der Waals surface area contributed by atoms with Gasteiger partial charge in [0.15, 0.2) is 0 Å². The SMILES string of the molecule is O=C(Nc1cccnc1Oc1ccccc1)N1N=C(c2cccnc2)CC1C1CC=CC=C1O. The molecule has 1 aliphatic carbocycles. The van der Waals surface area contributed by atoms with Crippen LogP contribution in [0.25, 0.3) is 0 Å². The first-order chi connectivity index (χ1) is 16.7. The highest BCUT2D eigenvalue weighted by molar-refractivity contribution is 6.04. The molecule has 0 radical (unpaired) electrons. The van der Waals surface area contributed by atoms with E-state index in [4.69, 9.17) is 4.74 Å². The quantitative estimate of drug-likeness (QED) is 0.546. The summed E-state index contributed by atoms with van der Waals surface area (Å²) in [6.07, 6.45) is 11.6. The number of amides is 2. The molecule has 2 N–H and O–H groups in total. The number of benzene rings is 1. The average molecular weight is 454 g/mol. The number of nitrogens with one attached hydrogen (secondary N) is 1. The van der Waals surface area contributed by atoms with E-state index in [1.165, 1.54) is 5.01 Å². The van der Waals surface area contributed by atoms with Crippen molar-refractivity contribution in [1.29, 1.82) is 0 Å². The van der Waals surface area contributed by atoms with E-state index in [1.54, 1.807) is 36.8 Å². The molecule has 0 saturated heterocycles. The number of ether oxygens (including phenoxy) is 1. The van der Waals surface area contributed by atoms with E-state index in [2.05, 4.69) is 20.4 Å². The molecule has 3 aromatic rings. The summed E-state index contributed by atoms with van der Waals surface area (Å²) in [7, 11) is 0. The fraction of sp³-hybridized carbons (Fsp3) is 0.154. The van der Waals surface area contributed by atoms with Crippen molar-refractivity contribution in [2.75, 3.05) is 5.32 Å². The molecule has 2 aromatic heterocycles. The third-order valence-corrected chi connectivity index (χ3v) is 5.76. The molecule has 0 fully saturated rings. The molecule has 1 aromatic carbocycles. The topological polar surface area (TPSA) is 99.9 Å². The Balaban J connectivity index is 1.42. The van der Waals surface area contributed by atoms with Crippen LogP contribution in [0.5, 0.6) is 11.6 Å². The van der Waals surface area contributed by atoms with Crippen molar-refractivity contribution in [1.82, 2.24) is 15.0 Å². The highest BCUT2D eigenvalue weighted by atomic mass is 16.5. The number of hydrogen-bond acceptors (Lipinski definition) is 6. The monoisotopic (exact) mass is 453 g/mol. The number of pyridine rings is 2. The highest BCUT2D eigenvalue weighted by Gasteiger charge is 2.39. The number of nitrogens with zero attached hydrogens (tertiary/aromatic N) is 4. The summed E-state index contributed by atoms with van der Waals surface area (Å²) in [6, 6.07) is 15.6. The van der Waals surface area contributed by atoms with Crippen LogP contribution in [-0.2, 0) is 0 Å². The zero-order chi connectivity index (χ0) is 23.3. The zero-order valence-corrected chi connectivity index (χ0v) is 18.3. The maximum absolute atomic E-state index is 13.4. The summed E-state index contributed by atoms with van der Waals surface area (Å²) >= 11 is 0. The van der Waals surface area contributed by atoms with Crippen LogP contribution in [0.2, 0.25) is 0 Å². The molecule has 5 rings (SSSR count). The van der Waals surface area contributed by atoms with Crippen LogP contribution in [0.1, 0.15) is 18.4 Å². The smallest absolute Gasteiger partial charge is 0.342 e. The molecular formula is C26H23N5O3. The number of urea groups is 1. The van der Waals surface area contributed by atoms with Crippen LogP contribution in [0, 0.1) is 5.92 Å². The number of carbonyl (C=O) groups excluding carboxylic acids is 1. The number of hydrogen-bond donors (Lipinski definition) is 2. The van der Waals surface area contributed by atoms with E-state index in [0.717, 1.165) is 11.3 Å². The van der Waals surface area contributed by atoms with Gasteiger partial charge in [0.05, 0.1) is 17.5 Å². The van der Waals surface area contributed by atoms with Crippen molar-refractivity contribution in [3.8, 4) is 11.6 Å². The van der Waals surface area contributed by atoms with Crippen molar-refractivity contribution in [2.45, 2.75) is 18.9 Å². The molecule has 0 bridgehead atoms. The number of carbonyl (C=O) groups is 1. The Labute approximate surface area is 196 Å². The predicted octanol–water partition coefficient (Wildman–Crippen LogP) is 5.30. The first-order valence-electron chi connectivity index (χ1n) is 11.0. The number of allylic oxidation sites excluding steroid dienone is 3. The second kappa shape index (κ2) is 9.58. The van der Waals surface area contributed by atoms with Crippen LogP contribution < -0.4 is 10.1 Å². The van der Waals surface area contributed by atoms with Crippen LogP contribution in [0.4, 0.5) is 10.5 Å². The molecule has 0 spiro atoms. The molecule has 34 heavy (non-hydrogen) atoms. The first-order valence-corrected chi connectivity index (χ1v) is 11.0. The van der Waals surface area contributed by atoms with Gasteiger partial charge >= 0.3 is 6.03 Å². The van der Waals surface area contributed by atoms with E-state index in [0.29, 0.717) is 24.3 Å². The maximum Gasteiger partial charge on any atom is 0.342 e. The molecule has 8 nitrogen and oxygen atoms in total. The third kappa shape index (κ3) is 4.52. The highest BCUT2D eigenvalue weighted by Crippen LogP contribution is 2.34. The van der Waals surface area contributed by atoms with Gasteiger partial charge in [-0.15, -0.1) is 0 Å². The fourth-order valence-corrected chi connectivity index (χ4v) is 4.08. The molecule has 0 saturated carbocycles. The molecule has 170 valence electrons. The molecule has 1 aliphatic heterocycles. The minimum Gasteiger partial charge on any atom is -0.512 e. The predicted molar refractivity (Wildman–Crippen MR) is 129 cm³/mol. The van der Waals surface area contributed by atoms with Crippen LogP contribution in [-0.4, -0.2) is 37.9 Å². The number of aromatic nitrogens is 2. The second-order valence-electron chi connectivity index (χ2n) is 7.97. The van der Waals surface area contributed by atoms with Crippen molar-refractivity contribution in [3.05, 3.63) is 103 Å². The first kappa shape index (κ1) is 21.4. The molecule has 2 amide bonds. The van der Waals surface area contributed by atoms with Crippen molar-refractivity contribution in [2.24, 2.45) is 11.0 Å². The lowest BCUT2D eigenvalue weighted by atomic mass is 9.87. The van der Waals surface area contributed by atoms with E-state index in [9.17, 15) is 9.90 Å². The molecular weight excluding hydrogens is 430 g/mol. The Morgan fingerprint density at radius 3 is 2.74 bits per heavy atom. The third-order valence-electron chi connectivity index (χ3n) is 5.76. The van der Waals surface area contributed by atoms with Gasteiger partial charge in [-0.3, -0.25) is 4.98 Å². The summed E-state index contributed by atoms with van der Waals surface area (Å²) in [5.41, 5.74) is 2.00. The van der Waals surface area contributed by atoms with E-state index < -0.39 is 6.03 Å². The minimum atomic E-state index is -0.433. The molecule has 2 atom stereocenters. The van der Waals surface area contributed by atoms with Crippen LogP contribution in [0.15, 0.2) is 102 Å². The van der Waals surface area contributed by atoms with Gasteiger partial charge in [0.2, 0.25) is 5.88 Å². The van der Waals surface area contributed by atoms with Gasteiger partial charge in [0.25, 0.3) is 0 Å². The Morgan fingerprint density at radius 2 is 1.94 bits per heavy atom. The van der Waals surface area contributed by atoms with Gasteiger partial charge in [-0.1, -0.05) is 36.4 Å². The summed E-state index contributed by atoms with van der Waals surface area (Å²) < 4.78 is 5.88. The lowest BCUT2D eigenvalue weighted by molar-refractivity contribution is 0.166. The van der Waals surface area contributed by atoms with Gasteiger partial charge in [-0.25, -0.2) is 14.8 Å². The lowest BCUT2D eigenvalue weighted by Gasteiger charge is -2.29. The Kier molecular flexibility index (Phi) is 6.03. The normalized spacial score (nSPS) is 19.4. The van der Waals surface area contributed by atoms with Crippen LogP contribution >= 0.6 is 0 Å². The second-order valence-corrected chi connectivity index (χ2v) is 7.97. The number of aliphatic hydroxyl groups excluding tert-OH is 1. The summed E-state index contributed by atoms with van der Waals surface area (Å²) in [6.45, 7) is 0. The van der Waals surface area contributed by atoms with Gasteiger partial charge in [-0.05, 0) is 42.8 Å². The van der Waals surface area contributed by atoms with Gasteiger partial charge in [-0.2, -0.15) is 5.10 Å². The lowest BCUT2D eigenvalue weighted by Crippen LogP contribution is -2.41. The molecule has 2 aliphatic rings. The van der Waals surface area contributed by atoms with Crippen molar-refractivity contribution in [3.63, 3.8) is 0 Å². The van der Waals surface area contributed by atoms with Crippen molar-refractivity contribution >= 4 is 17.4 Å². The number of aliphatic hydroxyl groups is 1. The average Bonchev–Trinajstić information content (AvgIpc) is 3.32. The largest absolute Gasteiger partial charge is 0.512 e. The van der Waals surface area contributed by atoms with Gasteiger partial charge in [0, 0.05) is 36.5 Å². The summed E-state index contributed by atoms with van der Waals surface area (Å²) in [4.78, 5) is 21.9. The summed E-state index contributed by atoms with van der Waals surface area (Å²) in [5, 5.41) is 19.5. The van der Waals surface area contributed by atoms with E-state index in [-0.39, 0.29) is 23.6 Å². The van der Waals surface area contributed by atoms with E-state index >= 15 is 0 Å². The number of para-hydroxylation sites is 1. The summed E-state index contributed by atoms with van der Waals surface area (Å²) in [5.74, 6) is 0.860. The van der Waals surface area contributed by atoms with Gasteiger partial charge in [0.1, 0.15) is 11.4 Å². The molecule has 2 unspecified atom stereocenters. The van der Waals surface area contributed by atoms with E-state index in [1.807, 2.05) is 54.6 Å². The van der Waals surface area contributed by atoms with Gasteiger partial charge < -0.3 is 15.2 Å². The molecule has 8 heteroatoms. The number of rotatable bonds is 5. The minimum absolute atomic E-state index is 0.238. The van der Waals surface area contributed by atoms with Crippen LogP contribution in [0.3, 0.4) is 0 Å². The molecule has 3 heterocycles. The maximum atomic E-state index is 13.4. The Morgan fingerprint density at radius 1 is 1.09 bits per heavy atom. The van der Waals surface area contributed by atoms with Crippen molar-refractivity contribution < 1.29 is 14.6 Å². The number of anilines is 1.